The van der Waals surface area contributed by atoms with Crippen molar-refractivity contribution in [2.24, 2.45) is 0 Å². The third-order valence-electron chi connectivity index (χ3n) is 2.86. The minimum Gasteiger partial charge on any atom is -0.481 e. The lowest BCUT2D eigenvalue weighted by atomic mass is 10.2. The van der Waals surface area contributed by atoms with E-state index in [1.54, 1.807) is 4.90 Å². The number of aliphatic hydroxyl groups excluding tert-OH is 2. The molecule has 1 fully saturated rings. The molecule has 5 nitrogen and oxygen atoms in total. The van der Waals surface area contributed by atoms with Crippen molar-refractivity contribution in [3.05, 3.63) is 0 Å². The number of unbranched alkanes of at least 4 members (excludes halogenated alkanes) is 2. The number of aliphatic carboxylic acids is 1. The van der Waals surface area contributed by atoms with Crippen molar-refractivity contribution in [2.45, 2.75) is 47.8 Å². The number of carboxylic acid groups (broad SMARTS) is 1. The molecule has 0 aliphatic carbocycles. The first-order chi connectivity index (χ1) is 7.95. The molecule has 7 heteroatoms. The fourth-order valence-electron chi connectivity index (χ4n) is 1.86. The van der Waals surface area contributed by atoms with Crippen LogP contribution in [0.2, 0.25) is 0 Å². The highest BCUT2D eigenvalue weighted by molar-refractivity contribution is 9.12. The van der Waals surface area contributed by atoms with Crippen LogP contribution in [-0.4, -0.2) is 54.8 Å². The van der Waals surface area contributed by atoms with E-state index in [1.807, 2.05) is 0 Å². The molecule has 1 rings (SSSR count). The molecule has 0 aromatic heterocycles. The van der Waals surface area contributed by atoms with Crippen molar-refractivity contribution in [2.75, 3.05) is 6.54 Å². The van der Waals surface area contributed by atoms with Gasteiger partial charge in [-0.3, -0.25) is 9.69 Å². The summed E-state index contributed by atoms with van der Waals surface area (Å²) in [5.41, 5.74) is 0. The van der Waals surface area contributed by atoms with Gasteiger partial charge in [0.1, 0.15) is 12.5 Å². The number of hydrogen-bond donors (Lipinski definition) is 3. The van der Waals surface area contributed by atoms with Crippen molar-refractivity contribution < 1.29 is 20.1 Å². The van der Waals surface area contributed by atoms with E-state index in [2.05, 4.69) is 31.9 Å². The molecule has 0 spiro atoms. The van der Waals surface area contributed by atoms with Crippen LogP contribution in [0.1, 0.15) is 25.7 Å². The average Bonchev–Trinajstić information content (AvgIpc) is 2.45. The van der Waals surface area contributed by atoms with E-state index in [0.717, 1.165) is 12.8 Å². The van der Waals surface area contributed by atoms with Gasteiger partial charge in [-0.15, -0.1) is 0 Å². The molecule has 1 heterocycles. The van der Waals surface area contributed by atoms with Gasteiger partial charge in [0, 0.05) is 13.0 Å². The number of aliphatic hydroxyl groups is 2. The third kappa shape index (κ3) is 4.17. The number of carbonyl (C=O) groups is 1. The number of hydrogen-bond acceptors (Lipinski definition) is 4. The van der Waals surface area contributed by atoms with E-state index in [4.69, 9.17) is 5.11 Å². The van der Waals surface area contributed by atoms with E-state index in [9.17, 15) is 15.0 Å². The number of likely N-dealkylation sites (tertiary alicyclic amines) is 1. The highest BCUT2D eigenvalue weighted by Gasteiger charge is 2.44. The van der Waals surface area contributed by atoms with E-state index < -0.39 is 18.4 Å². The molecule has 4 unspecified atom stereocenters. The van der Waals surface area contributed by atoms with Gasteiger partial charge in [0.05, 0.1) is 9.65 Å². The van der Waals surface area contributed by atoms with E-state index in [-0.39, 0.29) is 16.1 Å². The van der Waals surface area contributed by atoms with Gasteiger partial charge in [0.15, 0.2) is 0 Å². The summed E-state index contributed by atoms with van der Waals surface area (Å²) in [4.78, 5) is 11.5. The Morgan fingerprint density at radius 3 is 2.06 bits per heavy atom. The molecule has 0 saturated carbocycles. The van der Waals surface area contributed by atoms with Crippen molar-refractivity contribution in [3.63, 3.8) is 0 Å². The van der Waals surface area contributed by atoms with Crippen LogP contribution in [0.4, 0.5) is 0 Å². The van der Waals surface area contributed by atoms with Gasteiger partial charge in [-0.05, 0) is 12.8 Å². The summed E-state index contributed by atoms with van der Waals surface area (Å²) in [6.07, 6.45) is 0.920. The number of halogens is 2. The number of alkyl halides is 2. The molecule has 1 saturated heterocycles. The first-order valence-corrected chi connectivity index (χ1v) is 7.40. The largest absolute Gasteiger partial charge is 0.481 e. The highest BCUT2D eigenvalue weighted by Crippen LogP contribution is 2.32. The van der Waals surface area contributed by atoms with Crippen molar-refractivity contribution in [1.29, 1.82) is 0 Å². The second-order valence-electron chi connectivity index (χ2n) is 4.16. The van der Waals surface area contributed by atoms with Crippen molar-refractivity contribution in [3.8, 4) is 0 Å². The third-order valence-corrected chi connectivity index (χ3v) is 5.65. The number of nitrogens with zero attached hydrogens (tertiary/aromatic N) is 1. The standard InChI is InChI=1S/C10H17Br2NO4/c11-7-8(12)10(17)13(9(7)16)5-3-1-2-4-6(14)15/h7-10,16-17H,1-5H2,(H,14,15). The van der Waals surface area contributed by atoms with Gasteiger partial charge in [-0.2, -0.15) is 0 Å². The molecule has 4 atom stereocenters. The molecule has 0 aromatic rings. The Hall–Kier alpha value is 0.310. The quantitative estimate of drug-likeness (QED) is 0.479. The normalized spacial score (nSPS) is 34.1. The molecular weight excluding hydrogens is 358 g/mol. The Balaban J connectivity index is 2.25. The Morgan fingerprint density at radius 1 is 1.06 bits per heavy atom. The maximum absolute atomic E-state index is 10.3. The molecular formula is C10H17Br2NO4. The molecule has 0 radical (unpaired) electrons. The van der Waals surface area contributed by atoms with Crippen LogP contribution >= 0.6 is 31.9 Å². The molecule has 1 aliphatic heterocycles. The Morgan fingerprint density at radius 2 is 1.59 bits per heavy atom. The first-order valence-electron chi connectivity index (χ1n) is 5.57. The first kappa shape index (κ1) is 15.4. The topological polar surface area (TPSA) is 81.0 Å². The molecule has 1 aliphatic rings. The minimum absolute atomic E-state index is 0.174. The summed E-state index contributed by atoms with van der Waals surface area (Å²) < 4.78 is 0. The Bertz CT molecular complexity index is 253. The Labute approximate surface area is 117 Å². The summed E-state index contributed by atoms with van der Waals surface area (Å²) in [6.45, 7) is 0.562. The van der Waals surface area contributed by atoms with Gasteiger partial charge in [0.2, 0.25) is 0 Å². The van der Waals surface area contributed by atoms with E-state index in [0.29, 0.717) is 13.0 Å². The van der Waals surface area contributed by atoms with Gasteiger partial charge < -0.3 is 15.3 Å². The van der Waals surface area contributed by atoms with Crippen molar-refractivity contribution >= 4 is 37.8 Å². The van der Waals surface area contributed by atoms with E-state index in [1.165, 1.54) is 0 Å². The highest BCUT2D eigenvalue weighted by atomic mass is 79.9. The summed E-state index contributed by atoms with van der Waals surface area (Å²) in [7, 11) is 0. The van der Waals surface area contributed by atoms with Crippen LogP contribution in [-0.2, 0) is 4.79 Å². The van der Waals surface area contributed by atoms with E-state index >= 15 is 0 Å². The average molecular weight is 375 g/mol. The lowest BCUT2D eigenvalue weighted by Crippen LogP contribution is -2.38. The monoisotopic (exact) mass is 373 g/mol. The second-order valence-corrected chi connectivity index (χ2v) is 6.27. The summed E-state index contributed by atoms with van der Waals surface area (Å²) in [5, 5.41) is 28.2. The van der Waals surface area contributed by atoms with Crippen LogP contribution < -0.4 is 0 Å². The fourth-order valence-corrected chi connectivity index (χ4v) is 3.02. The molecule has 3 N–H and O–H groups in total. The van der Waals surface area contributed by atoms with Gasteiger partial charge in [0.25, 0.3) is 0 Å². The zero-order valence-corrected chi connectivity index (χ0v) is 12.5. The predicted octanol–water partition coefficient (Wildman–Crippen LogP) is 1.11. The van der Waals surface area contributed by atoms with Gasteiger partial charge >= 0.3 is 5.97 Å². The summed E-state index contributed by atoms with van der Waals surface area (Å²) in [5.74, 6) is -0.785. The zero-order valence-electron chi connectivity index (χ0n) is 9.30. The molecule has 17 heavy (non-hydrogen) atoms. The molecule has 0 bridgehead atoms. The maximum Gasteiger partial charge on any atom is 0.303 e. The predicted molar refractivity (Wildman–Crippen MR) is 70.3 cm³/mol. The van der Waals surface area contributed by atoms with Crippen LogP contribution in [0.3, 0.4) is 0 Å². The van der Waals surface area contributed by atoms with Gasteiger partial charge in [-0.25, -0.2) is 0 Å². The van der Waals surface area contributed by atoms with Crippen molar-refractivity contribution in [1.82, 2.24) is 4.90 Å². The lowest BCUT2D eigenvalue weighted by molar-refractivity contribution is -0.137. The van der Waals surface area contributed by atoms with Gasteiger partial charge in [-0.1, -0.05) is 38.3 Å². The SMILES string of the molecule is O=C(O)CCCCCN1C(O)C(Br)C(Br)C1O. The summed E-state index contributed by atoms with van der Waals surface area (Å²) >= 11 is 6.63. The summed E-state index contributed by atoms with van der Waals surface area (Å²) in [6, 6.07) is 0. The van der Waals surface area contributed by atoms with Crippen LogP contribution in [0.25, 0.3) is 0 Å². The second kappa shape index (κ2) is 7.04. The Kier molecular flexibility index (Phi) is 6.36. The maximum atomic E-state index is 10.3. The lowest BCUT2D eigenvalue weighted by Gasteiger charge is -2.24. The number of carboxylic acids is 1. The molecule has 100 valence electrons. The smallest absolute Gasteiger partial charge is 0.303 e. The van der Waals surface area contributed by atoms with Crippen LogP contribution in [0.15, 0.2) is 0 Å². The zero-order chi connectivity index (χ0) is 13.0. The minimum atomic E-state index is -0.785. The van der Waals surface area contributed by atoms with Crippen LogP contribution in [0.5, 0.6) is 0 Å². The molecule has 0 amide bonds. The number of rotatable bonds is 6. The fraction of sp³-hybridized carbons (Fsp3) is 0.900. The molecule has 0 aromatic carbocycles. The van der Waals surface area contributed by atoms with Crippen LogP contribution in [0, 0.1) is 0 Å².